The number of rotatable bonds is 4. The number of anilines is 5. The third-order valence-electron chi connectivity index (χ3n) is 17.6. The summed E-state index contributed by atoms with van der Waals surface area (Å²) in [4.78, 5) is 5.22. The molecule has 0 aromatic heterocycles. The minimum absolute atomic E-state index is 0.0953. The van der Waals surface area contributed by atoms with Gasteiger partial charge in [0.25, 0.3) is 0 Å². The molecule has 0 fully saturated rings. The third-order valence-corrected chi connectivity index (χ3v) is 17.6. The van der Waals surface area contributed by atoms with Crippen molar-refractivity contribution in [3.05, 3.63) is 226 Å². The highest BCUT2D eigenvalue weighted by molar-refractivity contribution is 6.02. The minimum atomic E-state index is -0.427. The molecule has 0 bridgehead atoms. The van der Waals surface area contributed by atoms with Gasteiger partial charge in [0, 0.05) is 44.7 Å². The lowest BCUT2D eigenvalue weighted by Gasteiger charge is -2.60. The van der Waals surface area contributed by atoms with Gasteiger partial charge in [0.15, 0.2) is 0 Å². The molecule has 0 spiro atoms. The van der Waals surface area contributed by atoms with E-state index in [4.69, 9.17) is 0 Å². The van der Waals surface area contributed by atoms with Crippen LogP contribution in [0.2, 0.25) is 0 Å². The van der Waals surface area contributed by atoms with Crippen molar-refractivity contribution in [1.29, 1.82) is 0 Å². The first-order chi connectivity index (χ1) is 32.8. The van der Waals surface area contributed by atoms with Gasteiger partial charge in [0.05, 0.1) is 5.54 Å². The van der Waals surface area contributed by atoms with Crippen molar-refractivity contribution in [3.8, 4) is 22.3 Å². The smallest absolute Gasteiger partial charge is 0.0833 e. The summed E-state index contributed by atoms with van der Waals surface area (Å²) in [5.74, 6) is 0.692. The Morgan fingerprint density at radius 3 is 1.79 bits per heavy atom. The van der Waals surface area contributed by atoms with Crippen LogP contribution in [-0.2, 0) is 16.2 Å². The Balaban J connectivity index is 1.01. The van der Waals surface area contributed by atoms with Crippen molar-refractivity contribution in [2.75, 3.05) is 9.80 Å². The molecule has 6 aliphatic rings. The zero-order chi connectivity index (χ0) is 46.2. The van der Waals surface area contributed by atoms with Crippen LogP contribution in [0.1, 0.15) is 88.8 Å². The second kappa shape index (κ2) is 13.3. The van der Waals surface area contributed by atoms with Crippen molar-refractivity contribution >= 4 is 56.1 Å². The van der Waals surface area contributed by atoms with Gasteiger partial charge in [-0.25, -0.2) is 0 Å². The summed E-state index contributed by atoms with van der Waals surface area (Å²) in [6.07, 6.45) is 12.5. The van der Waals surface area contributed by atoms with Gasteiger partial charge < -0.3 is 9.80 Å². The fourth-order valence-corrected chi connectivity index (χ4v) is 14.8. The van der Waals surface area contributed by atoms with Gasteiger partial charge in [-0.05, 0) is 163 Å². The first kappa shape index (κ1) is 40.0. The van der Waals surface area contributed by atoms with Crippen LogP contribution in [0.4, 0.5) is 28.4 Å². The van der Waals surface area contributed by atoms with Crippen LogP contribution in [0.15, 0.2) is 193 Å². The maximum absolute atomic E-state index is 2.72. The first-order valence-electron chi connectivity index (χ1n) is 24.8. The van der Waals surface area contributed by atoms with E-state index < -0.39 is 5.54 Å². The number of benzene rings is 8. The number of allylic oxidation sites excluding steroid dienone is 5. The van der Waals surface area contributed by atoms with E-state index in [-0.39, 0.29) is 16.2 Å². The van der Waals surface area contributed by atoms with Gasteiger partial charge in [0.1, 0.15) is 0 Å². The Kier molecular flexibility index (Phi) is 7.81. The van der Waals surface area contributed by atoms with Gasteiger partial charge >= 0.3 is 0 Å². The average molecular weight is 877 g/mol. The highest BCUT2D eigenvalue weighted by atomic mass is 15.2. The van der Waals surface area contributed by atoms with Gasteiger partial charge in [-0.3, -0.25) is 0 Å². The van der Waals surface area contributed by atoms with E-state index in [1.54, 1.807) is 11.1 Å². The molecular formula is C66H56N2. The predicted molar refractivity (Wildman–Crippen MR) is 287 cm³/mol. The Bertz CT molecular complexity index is 3700. The molecule has 0 radical (unpaired) electrons. The summed E-state index contributed by atoms with van der Waals surface area (Å²) in [6, 6.07) is 58.0. The summed E-state index contributed by atoms with van der Waals surface area (Å²) >= 11 is 0. The Hall–Kier alpha value is -7.16. The fourth-order valence-electron chi connectivity index (χ4n) is 14.8. The number of hydrogen-bond acceptors (Lipinski definition) is 2. The van der Waals surface area contributed by atoms with Crippen molar-refractivity contribution in [1.82, 2.24) is 0 Å². The number of para-hydroxylation sites is 1. The van der Waals surface area contributed by atoms with Crippen molar-refractivity contribution in [2.24, 2.45) is 11.8 Å². The normalized spacial score (nSPS) is 23.5. The van der Waals surface area contributed by atoms with E-state index in [2.05, 4.69) is 247 Å². The summed E-state index contributed by atoms with van der Waals surface area (Å²) in [5.41, 5.74) is 23.3. The topological polar surface area (TPSA) is 6.48 Å². The third kappa shape index (κ3) is 4.93. The molecule has 1 aliphatic heterocycles. The van der Waals surface area contributed by atoms with E-state index in [1.165, 1.54) is 94.1 Å². The Morgan fingerprint density at radius 2 is 1.12 bits per heavy atom. The van der Waals surface area contributed by atoms with Gasteiger partial charge in [-0.1, -0.05) is 181 Å². The van der Waals surface area contributed by atoms with Crippen LogP contribution in [0.25, 0.3) is 49.9 Å². The van der Waals surface area contributed by atoms with Crippen molar-refractivity contribution in [2.45, 2.75) is 77.2 Å². The minimum Gasteiger partial charge on any atom is -0.328 e. The van der Waals surface area contributed by atoms with E-state index in [0.29, 0.717) is 11.8 Å². The molecule has 68 heavy (non-hydrogen) atoms. The summed E-state index contributed by atoms with van der Waals surface area (Å²) < 4.78 is 0. The lowest BCUT2D eigenvalue weighted by atomic mass is 9.51. The molecule has 0 saturated carbocycles. The summed E-state index contributed by atoms with van der Waals surface area (Å²) in [6.45, 7) is 19.5. The molecule has 14 rings (SSSR count). The molecule has 8 aromatic rings. The Labute approximate surface area is 401 Å². The molecule has 0 saturated heterocycles. The standard InChI is InChI=1S/C66H56N2/c1-39-32-33-65(7)62-58(39)40(2)34-44-25-22-43-37-48(67(45-16-10-9-11-17-45)46-26-30-49-41(35-46)23-28-53-51-18-12-14-20-55(51)63(3,4)60(49)53)38-57(59(43)66(44,62)8)68(65)47-27-31-50-42(36-47)24-29-54-52-19-13-15-21-56(52)64(5,6)61(50)54/h9-40H,1-8H3. The highest BCUT2D eigenvalue weighted by Crippen LogP contribution is 2.65. The van der Waals surface area contributed by atoms with Gasteiger partial charge in [-0.15, -0.1) is 0 Å². The molecule has 4 atom stereocenters. The molecule has 2 nitrogen and oxygen atoms in total. The zero-order valence-electron chi connectivity index (χ0n) is 40.4. The van der Waals surface area contributed by atoms with Crippen LogP contribution >= 0.6 is 0 Å². The lowest BCUT2D eigenvalue weighted by Crippen LogP contribution is -2.58. The van der Waals surface area contributed by atoms with Gasteiger partial charge in [0.2, 0.25) is 0 Å². The van der Waals surface area contributed by atoms with Crippen molar-refractivity contribution < 1.29 is 0 Å². The van der Waals surface area contributed by atoms with Crippen molar-refractivity contribution in [3.63, 3.8) is 0 Å². The SMILES string of the molecule is CC1C=CC2(C)C3=C1C(C)C=C1C=Cc4cc(N(c5ccccc5)c5ccc6c7c(ccc6c5)-c5ccccc5C7(C)C)cc(c4C13C)N2c1ccc2c3c(ccc2c1)-c1ccccc1C3(C)C. The Morgan fingerprint density at radius 1 is 0.500 bits per heavy atom. The van der Waals surface area contributed by atoms with Crippen LogP contribution in [0.3, 0.4) is 0 Å². The molecule has 1 heterocycles. The maximum Gasteiger partial charge on any atom is 0.0833 e. The van der Waals surface area contributed by atoms with Crippen LogP contribution in [0.5, 0.6) is 0 Å². The number of fused-ring (bicyclic) bond motifs is 10. The molecule has 2 heteroatoms. The van der Waals surface area contributed by atoms with E-state index in [1.807, 2.05) is 0 Å². The molecule has 330 valence electrons. The summed E-state index contributed by atoms with van der Waals surface area (Å²) in [5, 5.41) is 5.20. The highest BCUT2D eigenvalue weighted by Gasteiger charge is 2.58. The zero-order valence-corrected chi connectivity index (χ0v) is 40.4. The molecule has 4 unspecified atom stereocenters. The lowest BCUT2D eigenvalue weighted by molar-refractivity contribution is 0.446. The largest absolute Gasteiger partial charge is 0.328 e. The van der Waals surface area contributed by atoms with Crippen LogP contribution in [-0.4, -0.2) is 5.54 Å². The van der Waals surface area contributed by atoms with Crippen LogP contribution in [0, 0.1) is 11.8 Å². The molecule has 0 N–H and O–H groups in total. The molecule has 8 aromatic carbocycles. The van der Waals surface area contributed by atoms with E-state index >= 15 is 0 Å². The predicted octanol–water partition coefficient (Wildman–Crippen LogP) is 17.3. The first-order valence-corrected chi connectivity index (χ1v) is 24.8. The monoisotopic (exact) mass is 876 g/mol. The molecule has 0 amide bonds. The van der Waals surface area contributed by atoms with E-state index in [0.717, 1.165) is 17.1 Å². The second-order valence-electron chi connectivity index (χ2n) is 22.1. The molecular weight excluding hydrogens is 821 g/mol. The molecule has 5 aliphatic carbocycles. The average Bonchev–Trinajstić information content (AvgIpc) is 3.72. The maximum atomic E-state index is 2.72. The van der Waals surface area contributed by atoms with E-state index in [9.17, 15) is 0 Å². The fraction of sp³-hybridized carbons (Fsp3) is 0.212. The summed E-state index contributed by atoms with van der Waals surface area (Å²) in [7, 11) is 0. The second-order valence-corrected chi connectivity index (χ2v) is 22.1. The van der Waals surface area contributed by atoms with Gasteiger partial charge in [-0.2, -0.15) is 0 Å². The van der Waals surface area contributed by atoms with Crippen LogP contribution < -0.4 is 9.80 Å². The number of nitrogens with zero attached hydrogens (tertiary/aromatic N) is 2. The quantitative estimate of drug-likeness (QED) is 0.163. The number of hydrogen-bond donors (Lipinski definition) is 0.